The van der Waals surface area contributed by atoms with Gasteiger partial charge in [0.25, 0.3) is 0 Å². The summed E-state index contributed by atoms with van der Waals surface area (Å²) in [6.45, 7) is 2.06. The molecule has 1 heterocycles. The molecule has 62 valence electrons. The average molecular weight is 263 g/mol. The van der Waals surface area contributed by atoms with Crippen molar-refractivity contribution < 1.29 is 0 Å². The molecule has 0 spiro atoms. The van der Waals surface area contributed by atoms with Crippen molar-refractivity contribution in [3.05, 3.63) is 27.3 Å². The van der Waals surface area contributed by atoms with Gasteiger partial charge < -0.3 is 0 Å². The van der Waals surface area contributed by atoms with Crippen molar-refractivity contribution in [2.24, 2.45) is 0 Å². The maximum atomic E-state index is 5.88. The van der Waals surface area contributed by atoms with Crippen LogP contribution in [-0.2, 0) is 0 Å². The zero-order chi connectivity index (χ0) is 8.72. The van der Waals surface area contributed by atoms with Crippen molar-refractivity contribution in [2.45, 2.75) is 6.92 Å². The number of aromatic nitrogens is 1. The highest BCUT2D eigenvalue weighted by Gasteiger charge is 2.07. The highest BCUT2D eigenvalue weighted by molar-refractivity contribution is 9.10. The lowest BCUT2D eigenvalue weighted by molar-refractivity contribution is 1.51. The van der Waals surface area contributed by atoms with Crippen molar-refractivity contribution in [3.8, 4) is 0 Å². The Kier molecular flexibility index (Phi) is 2.10. The van der Waals surface area contributed by atoms with Crippen molar-refractivity contribution in [3.63, 3.8) is 0 Å². The van der Waals surface area contributed by atoms with E-state index in [1.807, 2.05) is 12.1 Å². The van der Waals surface area contributed by atoms with Gasteiger partial charge in [-0.2, -0.15) is 4.37 Å². The third kappa shape index (κ3) is 1.16. The molecule has 4 heteroatoms. The molecule has 0 fully saturated rings. The van der Waals surface area contributed by atoms with Gasteiger partial charge in [0.15, 0.2) is 5.15 Å². The van der Waals surface area contributed by atoms with Crippen LogP contribution in [0.25, 0.3) is 10.1 Å². The minimum Gasteiger partial charge on any atom is -0.180 e. The van der Waals surface area contributed by atoms with Crippen molar-refractivity contribution in [1.29, 1.82) is 0 Å². The summed E-state index contributed by atoms with van der Waals surface area (Å²) in [6, 6.07) is 3.98. The van der Waals surface area contributed by atoms with Crippen molar-refractivity contribution in [1.82, 2.24) is 4.37 Å². The third-order valence-electron chi connectivity index (χ3n) is 1.78. The number of benzene rings is 1. The van der Waals surface area contributed by atoms with E-state index in [-0.39, 0.29) is 0 Å². The molecule has 0 unspecified atom stereocenters. The lowest BCUT2D eigenvalue weighted by Crippen LogP contribution is -1.74. The van der Waals surface area contributed by atoms with Crippen LogP contribution in [0.1, 0.15) is 5.56 Å². The second-order valence-corrected chi connectivity index (χ2v) is 4.51. The molecule has 0 radical (unpaired) electrons. The second kappa shape index (κ2) is 2.98. The van der Waals surface area contributed by atoms with E-state index in [1.165, 1.54) is 17.1 Å². The van der Waals surface area contributed by atoms with Gasteiger partial charge in [-0.15, -0.1) is 0 Å². The van der Waals surface area contributed by atoms with Crippen molar-refractivity contribution >= 4 is 49.1 Å². The van der Waals surface area contributed by atoms with Crippen molar-refractivity contribution in [2.75, 3.05) is 0 Å². The Balaban J connectivity index is 2.93. The molecule has 0 atom stereocenters. The summed E-state index contributed by atoms with van der Waals surface area (Å²) in [7, 11) is 0. The summed E-state index contributed by atoms with van der Waals surface area (Å²) in [5.74, 6) is 0. The summed E-state index contributed by atoms with van der Waals surface area (Å²) in [6.07, 6.45) is 0. The van der Waals surface area contributed by atoms with Gasteiger partial charge in [-0.3, -0.25) is 0 Å². The number of halogens is 2. The molecule has 0 aliphatic heterocycles. The molecule has 1 nitrogen and oxygen atoms in total. The van der Waals surface area contributed by atoms with Crippen LogP contribution in [0.4, 0.5) is 0 Å². The van der Waals surface area contributed by atoms with Crippen LogP contribution in [0.3, 0.4) is 0 Å². The molecular weight excluding hydrogens is 258 g/mol. The standard InChI is InChI=1S/C8H5BrClNS/c1-4-6(9)3-2-5-7(4)12-11-8(5)10/h2-3H,1H3. The normalized spacial score (nSPS) is 10.9. The van der Waals surface area contributed by atoms with E-state index >= 15 is 0 Å². The minimum atomic E-state index is 0.602. The predicted octanol–water partition coefficient (Wildman–Crippen LogP) is 4.02. The van der Waals surface area contributed by atoms with Gasteiger partial charge in [0.05, 0.1) is 4.70 Å². The Labute approximate surface area is 87.6 Å². The maximum Gasteiger partial charge on any atom is 0.150 e. The van der Waals surface area contributed by atoms with Crippen LogP contribution in [0.2, 0.25) is 5.15 Å². The fourth-order valence-corrected chi connectivity index (χ4v) is 2.64. The third-order valence-corrected chi connectivity index (χ3v) is 4.01. The summed E-state index contributed by atoms with van der Waals surface area (Å²) < 4.78 is 6.35. The zero-order valence-electron chi connectivity index (χ0n) is 6.27. The topological polar surface area (TPSA) is 12.9 Å². The Hall–Kier alpha value is -0.120. The molecule has 0 aliphatic rings. The van der Waals surface area contributed by atoms with Gasteiger partial charge in [-0.05, 0) is 36.2 Å². The quantitative estimate of drug-likeness (QED) is 0.699. The molecule has 0 N–H and O–H groups in total. The van der Waals surface area contributed by atoms with Gasteiger partial charge >= 0.3 is 0 Å². The van der Waals surface area contributed by atoms with Gasteiger partial charge in [0.1, 0.15) is 0 Å². The van der Waals surface area contributed by atoms with E-state index in [9.17, 15) is 0 Å². The fraction of sp³-hybridized carbons (Fsp3) is 0.125. The number of hydrogen-bond donors (Lipinski definition) is 0. The fourth-order valence-electron chi connectivity index (χ4n) is 1.08. The first-order chi connectivity index (χ1) is 5.70. The number of hydrogen-bond acceptors (Lipinski definition) is 2. The van der Waals surface area contributed by atoms with E-state index < -0.39 is 0 Å². The van der Waals surface area contributed by atoms with Crippen LogP contribution < -0.4 is 0 Å². The van der Waals surface area contributed by atoms with Crippen LogP contribution in [0, 0.1) is 6.92 Å². The monoisotopic (exact) mass is 261 g/mol. The van der Waals surface area contributed by atoms with Gasteiger partial charge in [-0.1, -0.05) is 27.5 Å². The predicted molar refractivity (Wildman–Crippen MR) is 57.1 cm³/mol. The lowest BCUT2D eigenvalue weighted by atomic mass is 10.2. The smallest absolute Gasteiger partial charge is 0.150 e. The molecule has 1 aromatic heterocycles. The molecule has 12 heavy (non-hydrogen) atoms. The molecule has 0 aliphatic carbocycles. The van der Waals surface area contributed by atoms with Crippen LogP contribution in [0.15, 0.2) is 16.6 Å². The van der Waals surface area contributed by atoms with E-state index in [0.717, 1.165) is 14.6 Å². The Morgan fingerprint density at radius 3 is 3.00 bits per heavy atom. The highest BCUT2D eigenvalue weighted by Crippen LogP contribution is 2.32. The molecule has 0 amide bonds. The molecular formula is C8H5BrClNS. The molecule has 0 saturated heterocycles. The average Bonchev–Trinajstić information content (AvgIpc) is 2.41. The Bertz CT molecular complexity index is 438. The maximum absolute atomic E-state index is 5.88. The number of aryl methyl sites for hydroxylation is 1. The molecule has 0 saturated carbocycles. The van der Waals surface area contributed by atoms with E-state index in [2.05, 4.69) is 27.2 Å². The molecule has 2 rings (SSSR count). The van der Waals surface area contributed by atoms with Gasteiger partial charge in [0, 0.05) is 9.86 Å². The number of nitrogens with zero attached hydrogens (tertiary/aromatic N) is 1. The summed E-state index contributed by atoms with van der Waals surface area (Å²) >= 11 is 10.8. The first kappa shape index (κ1) is 8.48. The zero-order valence-corrected chi connectivity index (χ0v) is 9.42. The minimum absolute atomic E-state index is 0.602. The summed E-state index contributed by atoms with van der Waals surface area (Å²) in [4.78, 5) is 0. The van der Waals surface area contributed by atoms with E-state index in [1.54, 1.807) is 0 Å². The van der Waals surface area contributed by atoms with Crippen LogP contribution >= 0.6 is 39.1 Å². The highest BCUT2D eigenvalue weighted by atomic mass is 79.9. The van der Waals surface area contributed by atoms with Gasteiger partial charge in [0.2, 0.25) is 0 Å². The first-order valence-corrected chi connectivity index (χ1v) is 5.34. The largest absolute Gasteiger partial charge is 0.180 e. The Morgan fingerprint density at radius 2 is 2.25 bits per heavy atom. The van der Waals surface area contributed by atoms with Crippen LogP contribution in [0.5, 0.6) is 0 Å². The molecule has 0 bridgehead atoms. The second-order valence-electron chi connectivity index (χ2n) is 2.52. The van der Waals surface area contributed by atoms with Crippen LogP contribution in [-0.4, -0.2) is 4.37 Å². The van der Waals surface area contributed by atoms with E-state index in [0.29, 0.717) is 5.15 Å². The molecule has 2 aromatic rings. The Morgan fingerprint density at radius 1 is 1.50 bits per heavy atom. The van der Waals surface area contributed by atoms with Gasteiger partial charge in [-0.25, -0.2) is 0 Å². The first-order valence-electron chi connectivity index (χ1n) is 3.40. The number of fused-ring (bicyclic) bond motifs is 1. The lowest BCUT2D eigenvalue weighted by Gasteiger charge is -1.97. The SMILES string of the molecule is Cc1c(Br)ccc2c(Cl)nsc12. The summed E-state index contributed by atoms with van der Waals surface area (Å²) in [5, 5.41) is 1.65. The summed E-state index contributed by atoms with van der Waals surface area (Å²) in [5.41, 5.74) is 1.21. The molecule has 1 aromatic carbocycles. The number of rotatable bonds is 0. The van der Waals surface area contributed by atoms with E-state index in [4.69, 9.17) is 11.6 Å².